The molecule has 166 valence electrons. The summed E-state index contributed by atoms with van der Waals surface area (Å²) < 4.78 is 12.1. The number of esters is 2. The summed E-state index contributed by atoms with van der Waals surface area (Å²) in [5.74, 6) is 3.70. The van der Waals surface area contributed by atoms with Crippen molar-refractivity contribution >= 4 is 11.9 Å². The van der Waals surface area contributed by atoms with Gasteiger partial charge in [-0.1, -0.05) is 26.3 Å². The van der Waals surface area contributed by atoms with Crippen molar-refractivity contribution in [2.75, 3.05) is 0 Å². The molecule has 0 spiro atoms. The van der Waals surface area contributed by atoms with E-state index in [-0.39, 0.29) is 29.6 Å². The molecule has 0 aromatic heterocycles. The molecule has 0 saturated heterocycles. The minimum absolute atomic E-state index is 0.0108. The SMILES string of the molecule is C=C(C)C(=O)OC1CC(C(=O)OC2(C3CCCC(C)C3)C3CC4CC(C3)CC2C4)C1. The summed E-state index contributed by atoms with van der Waals surface area (Å²) in [5, 5.41) is 0. The van der Waals surface area contributed by atoms with Crippen LogP contribution < -0.4 is 0 Å². The van der Waals surface area contributed by atoms with Gasteiger partial charge in [0.05, 0.1) is 5.92 Å². The third-order valence-electron chi connectivity index (χ3n) is 9.32. The quantitative estimate of drug-likeness (QED) is 0.443. The summed E-state index contributed by atoms with van der Waals surface area (Å²) in [6, 6.07) is 0. The number of hydrogen-bond donors (Lipinski definition) is 0. The summed E-state index contributed by atoms with van der Waals surface area (Å²) in [4.78, 5) is 25.1. The second-order valence-corrected chi connectivity index (χ2v) is 11.5. The molecule has 0 radical (unpaired) electrons. The first-order chi connectivity index (χ1) is 14.3. The van der Waals surface area contributed by atoms with Crippen molar-refractivity contribution < 1.29 is 19.1 Å². The van der Waals surface area contributed by atoms with Gasteiger partial charge in [0.25, 0.3) is 0 Å². The monoisotopic (exact) mass is 414 g/mol. The van der Waals surface area contributed by atoms with E-state index < -0.39 is 0 Å². The van der Waals surface area contributed by atoms with Gasteiger partial charge in [-0.2, -0.15) is 0 Å². The molecule has 6 aliphatic rings. The highest BCUT2D eigenvalue weighted by Crippen LogP contribution is 2.64. The zero-order valence-electron chi connectivity index (χ0n) is 18.7. The predicted octanol–water partition coefficient (Wildman–Crippen LogP) is 5.45. The zero-order valence-corrected chi connectivity index (χ0v) is 18.7. The molecule has 6 saturated carbocycles. The standard InChI is InChI=1S/C26H38O4/c1-15(2)24(27)29-23-13-19(14-23)25(28)30-26(20-6-4-5-16(3)7-20)21-9-17-8-18(11-21)12-22(26)10-17/h16-23H,1,4-14H2,2-3H3. The average molecular weight is 415 g/mol. The summed E-state index contributed by atoms with van der Waals surface area (Å²) in [7, 11) is 0. The molecule has 4 bridgehead atoms. The topological polar surface area (TPSA) is 52.6 Å². The molecular formula is C26H38O4. The van der Waals surface area contributed by atoms with Crippen LogP contribution in [0.3, 0.4) is 0 Å². The normalized spacial score (nSPS) is 46.7. The maximum absolute atomic E-state index is 13.3. The fourth-order valence-electron chi connectivity index (χ4n) is 8.05. The number of ether oxygens (including phenoxy) is 2. The summed E-state index contributed by atoms with van der Waals surface area (Å²) in [6.07, 6.45) is 12.6. The lowest BCUT2D eigenvalue weighted by Crippen LogP contribution is -2.64. The molecule has 2 unspecified atom stereocenters. The highest BCUT2D eigenvalue weighted by molar-refractivity contribution is 5.87. The molecule has 0 aromatic rings. The Morgan fingerprint density at radius 1 is 0.867 bits per heavy atom. The van der Waals surface area contributed by atoms with E-state index in [0.717, 1.165) is 17.8 Å². The molecule has 30 heavy (non-hydrogen) atoms. The van der Waals surface area contributed by atoms with Crippen LogP contribution in [0.4, 0.5) is 0 Å². The van der Waals surface area contributed by atoms with E-state index in [1.54, 1.807) is 6.92 Å². The van der Waals surface area contributed by atoms with E-state index >= 15 is 0 Å². The Morgan fingerprint density at radius 2 is 1.50 bits per heavy atom. The Kier molecular flexibility index (Phi) is 5.26. The van der Waals surface area contributed by atoms with Gasteiger partial charge >= 0.3 is 11.9 Å². The van der Waals surface area contributed by atoms with Gasteiger partial charge in [-0.15, -0.1) is 0 Å². The molecule has 6 aliphatic carbocycles. The van der Waals surface area contributed by atoms with Crippen molar-refractivity contribution in [3.63, 3.8) is 0 Å². The third-order valence-corrected chi connectivity index (χ3v) is 9.32. The average Bonchev–Trinajstić information content (AvgIpc) is 2.66. The Hall–Kier alpha value is -1.32. The first-order valence-electron chi connectivity index (χ1n) is 12.4. The maximum atomic E-state index is 13.3. The number of carbonyl (C=O) groups is 2. The Labute approximate surface area is 181 Å². The van der Waals surface area contributed by atoms with Crippen LogP contribution in [0.15, 0.2) is 12.2 Å². The van der Waals surface area contributed by atoms with Crippen molar-refractivity contribution in [3.8, 4) is 0 Å². The second kappa shape index (κ2) is 7.67. The maximum Gasteiger partial charge on any atom is 0.333 e. The Bertz CT molecular complexity index is 691. The van der Waals surface area contributed by atoms with Gasteiger partial charge < -0.3 is 9.47 Å². The lowest BCUT2D eigenvalue weighted by molar-refractivity contribution is -0.240. The van der Waals surface area contributed by atoms with Crippen molar-refractivity contribution in [2.45, 2.75) is 96.2 Å². The van der Waals surface area contributed by atoms with Crippen LogP contribution in [0.5, 0.6) is 0 Å². The largest absolute Gasteiger partial charge is 0.459 e. The van der Waals surface area contributed by atoms with Gasteiger partial charge in [0, 0.05) is 5.57 Å². The first kappa shape index (κ1) is 20.6. The van der Waals surface area contributed by atoms with E-state index in [2.05, 4.69) is 13.5 Å². The van der Waals surface area contributed by atoms with Crippen LogP contribution in [-0.4, -0.2) is 23.6 Å². The van der Waals surface area contributed by atoms with E-state index in [4.69, 9.17) is 9.47 Å². The van der Waals surface area contributed by atoms with E-state index in [1.165, 1.54) is 57.8 Å². The number of carbonyl (C=O) groups excluding carboxylic acids is 2. The molecule has 6 rings (SSSR count). The lowest BCUT2D eigenvalue weighted by atomic mass is 9.46. The predicted molar refractivity (Wildman–Crippen MR) is 114 cm³/mol. The summed E-state index contributed by atoms with van der Waals surface area (Å²) in [5.41, 5.74) is 0.207. The highest BCUT2D eigenvalue weighted by Gasteiger charge is 2.63. The molecule has 0 heterocycles. The molecule has 0 amide bonds. The lowest BCUT2D eigenvalue weighted by Gasteiger charge is -2.63. The molecule has 4 nitrogen and oxygen atoms in total. The second-order valence-electron chi connectivity index (χ2n) is 11.5. The number of hydrogen-bond acceptors (Lipinski definition) is 4. The van der Waals surface area contributed by atoms with Crippen LogP contribution in [-0.2, 0) is 19.1 Å². The molecule has 4 heteroatoms. The first-order valence-corrected chi connectivity index (χ1v) is 12.4. The van der Waals surface area contributed by atoms with Gasteiger partial charge in [-0.05, 0) is 100 Å². The van der Waals surface area contributed by atoms with Gasteiger partial charge in [-0.3, -0.25) is 4.79 Å². The molecule has 2 atom stereocenters. The number of rotatable bonds is 5. The van der Waals surface area contributed by atoms with Crippen LogP contribution in [0.1, 0.15) is 84.5 Å². The molecule has 0 N–H and O–H groups in total. The molecular weight excluding hydrogens is 376 g/mol. The summed E-state index contributed by atoms with van der Waals surface area (Å²) in [6.45, 7) is 7.68. The van der Waals surface area contributed by atoms with Gasteiger partial charge in [0.1, 0.15) is 11.7 Å². The molecule has 6 fully saturated rings. The van der Waals surface area contributed by atoms with Gasteiger partial charge in [0.15, 0.2) is 0 Å². The van der Waals surface area contributed by atoms with E-state index in [9.17, 15) is 9.59 Å². The minimum atomic E-state index is -0.347. The smallest absolute Gasteiger partial charge is 0.333 e. The Morgan fingerprint density at radius 3 is 2.07 bits per heavy atom. The zero-order chi connectivity index (χ0) is 21.0. The van der Waals surface area contributed by atoms with Crippen LogP contribution in [0.2, 0.25) is 0 Å². The van der Waals surface area contributed by atoms with Crippen molar-refractivity contribution in [1.82, 2.24) is 0 Å². The van der Waals surface area contributed by atoms with Gasteiger partial charge in [-0.25, -0.2) is 4.79 Å². The van der Waals surface area contributed by atoms with Crippen LogP contribution in [0, 0.1) is 41.4 Å². The van der Waals surface area contributed by atoms with Crippen LogP contribution >= 0.6 is 0 Å². The third kappa shape index (κ3) is 3.42. The molecule has 0 aliphatic heterocycles. The van der Waals surface area contributed by atoms with Gasteiger partial charge in [0.2, 0.25) is 0 Å². The van der Waals surface area contributed by atoms with E-state index in [1.807, 2.05) is 0 Å². The Balaban J connectivity index is 1.31. The summed E-state index contributed by atoms with van der Waals surface area (Å²) >= 11 is 0. The van der Waals surface area contributed by atoms with E-state index in [0.29, 0.717) is 36.2 Å². The van der Waals surface area contributed by atoms with Crippen molar-refractivity contribution in [2.24, 2.45) is 41.4 Å². The van der Waals surface area contributed by atoms with Crippen molar-refractivity contribution in [3.05, 3.63) is 12.2 Å². The highest BCUT2D eigenvalue weighted by atomic mass is 16.6. The molecule has 0 aromatic carbocycles. The minimum Gasteiger partial charge on any atom is -0.459 e. The fraction of sp³-hybridized carbons (Fsp3) is 0.846. The van der Waals surface area contributed by atoms with Crippen molar-refractivity contribution in [1.29, 1.82) is 0 Å². The fourth-order valence-corrected chi connectivity index (χ4v) is 8.05. The van der Waals surface area contributed by atoms with Crippen LogP contribution in [0.25, 0.3) is 0 Å².